The largest absolute Gasteiger partial charge is 0.478 e. The van der Waals surface area contributed by atoms with Crippen molar-refractivity contribution < 1.29 is 14.7 Å². The van der Waals surface area contributed by atoms with Crippen LogP contribution >= 0.6 is 0 Å². The van der Waals surface area contributed by atoms with E-state index in [0.717, 1.165) is 12.8 Å². The van der Waals surface area contributed by atoms with E-state index in [1.165, 1.54) is 6.07 Å². The maximum Gasteiger partial charge on any atom is 0.335 e. The Morgan fingerprint density at radius 1 is 1.37 bits per heavy atom. The van der Waals surface area contributed by atoms with E-state index in [1.807, 2.05) is 0 Å². The van der Waals surface area contributed by atoms with Crippen molar-refractivity contribution in [2.24, 2.45) is 0 Å². The van der Waals surface area contributed by atoms with Gasteiger partial charge in [0.1, 0.15) is 0 Å². The molecule has 0 saturated heterocycles. The summed E-state index contributed by atoms with van der Waals surface area (Å²) in [4.78, 5) is 22.5. The molecule has 0 aliphatic carbocycles. The lowest BCUT2D eigenvalue weighted by atomic mass is 10.1. The second-order valence-electron chi connectivity index (χ2n) is 4.29. The number of hydrogen-bond donors (Lipinski definition) is 2. The van der Waals surface area contributed by atoms with Crippen LogP contribution in [0.25, 0.3) is 0 Å². The number of carboxylic acids is 1. The molecule has 4 nitrogen and oxygen atoms in total. The number of carboxylic acid groups (broad SMARTS) is 1. The Morgan fingerprint density at radius 2 is 2.11 bits per heavy atom. The summed E-state index contributed by atoms with van der Waals surface area (Å²) in [6.45, 7) is 1.70. The molecule has 1 amide bonds. The van der Waals surface area contributed by atoms with E-state index in [9.17, 15) is 9.59 Å². The third-order valence-corrected chi connectivity index (χ3v) is 2.72. The van der Waals surface area contributed by atoms with E-state index in [0.29, 0.717) is 24.1 Å². The van der Waals surface area contributed by atoms with Crippen LogP contribution in [0.2, 0.25) is 0 Å². The van der Waals surface area contributed by atoms with Crippen molar-refractivity contribution in [2.45, 2.75) is 32.6 Å². The van der Waals surface area contributed by atoms with Gasteiger partial charge in [0.2, 0.25) is 5.91 Å². The molecule has 2 N–H and O–H groups in total. The number of unbranched alkanes of at least 4 members (excludes halogenated alkanes) is 2. The number of rotatable bonds is 6. The third kappa shape index (κ3) is 4.84. The van der Waals surface area contributed by atoms with Gasteiger partial charge >= 0.3 is 5.97 Å². The van der Waals surface area contributed by atoms with Crippen molar-refractivity contribution in [3.63, 3.8) is 0 Å². The minimum Gasteiger partial charge on any atom is -0.478 e. The van der Waals surface area contributed by atoms with Gasteiger partial charge in [-0.05, 0) is 43.5 Å². The second-order valence-corrected chi connectivity index (χ2v) is 4.29. The molecule has 0 aliphatic heterocycles. The maximum absolute atomic E-state index is 11.6. The highest BCUT2D eigenvalue weighted by atomic mass is 16.4. The molecule has 1 rings (SSSR count). The zero-order valence-corrected chi connectivity index (χ0v) is 10.9. The molecule has 0 unspecified atom stereocenters. The van der Waals surface area contributed by atoms with Crippen molar-refractivity contribution in [3.05, 3.63) is 29.3 Å². The van der Waals surface area contributed by atoms with Crippen molar-refractivity contribution in [1.29, 1.82) is 0 Å². The normalized spacial score (nSPS) is 9.68. The van der Waals surface area contributed by atoms with Gasteiger partial charge in [-0.25, -0.2) is 4.79 Å². The molecule has 1 aromatic rings. The number of carbonyl (C=O) groups excluding carboxylic acids is 1. The SMILES string of the molecule is C#CCCCCC(=O)Nc1ccc(C(=O)O)c(C)c1. The van der Waals surface area contributed by atoms with Gasteiger partial charge in [-0.15, -0.1) is 12.3 Å². The fourth-order valence-electron chi connectivity index (χ4n) is 1.72. The third-order valence-electron chi connectivity index (χ3n) is 2.72. The van der Waals surface area contributed by atoms with Gasteiger partial charge in [-0.1, -0.05) is 0 Å². The summed E-state index contributed by atoms with van der Waals surface area (Å²) in [7, 11) is 0. The van der Waals surface area contributed by atoms with Crippen LogP contribution < -0.4 is 5.32 Å². The first-order valence-electron chi connectivity index (χ1n) is 6.12. The summed E-state index contributed by atoms with van der Waals surface area (Å²) in [5.74, 6) is 1.48. The number of benzene rings is 1. The van der Waals surface area contributed by atoms with Crippen LogP contribution in [0.5, 0.6) is 0 Å². The van der Waals surface area contributed by atoms with Crippen LogP contribution in [-0.4, -0.2) is 17.0 Å². The average molecular weight is 259 g/mol. The number of carbonyl (C=O) groups is 2. The Hall–Kier alpha value is -2.28. The van der Waals surface area contributed by atoms with Gasteiger partial charge in [0.15, 0.2) is 0 Å². The van der Waals surface area contributed by atoms with Crippen LogP contribution in [0, 0.1) is 19.3 Å². The molecular weight excluding hydrogens is 242 g/mol. The summed E-state index contributed by atoms with van der Waals surface area (Å²) in [6.07, 6.45) is 7.81. The van der Waals surface area contributed by atoms with Crippen LogP contribution in [0.4, 0.5) is 5.69 Å². The van der Waals surface area contributed by atoms with Gasteiger partial charge in [0.25, 0.3) is 0 Å². The summed E-state index contributed by atoms with van der Waals surface area (Å²) >= 11 is 0. The Morgan fingerprint density at radius 3 is 2.68 bits per heavy atom. The minimum atomic E-state index is -0.968. The Kier molecular flexibility index (Phi) is 5.62. The van der Waals surface area contributed by atoms with Gasteiger partial charge in [-0.2, -0.15) is 0 Å². The minimum absolute atomic E-state index is 0.0838. The quantitative estimate of drug-likeness (QED) is 0.609. The lowest BCUT2D eigenvalue weighted by Gasteiger charge is -2.07. The van der Waals surface area contributed by atoms with E-state index < -0.39 is 5.97 Å². The number of aromatic carboxylic acids is 1. The lowest BCUT2D eigenvalue weighted by molar-refractivity contribution is -0.116. The van der Waals surface area contributed by atoms with Crippen LogP contribution in [-0.2, 0) is 4.79 Å². The fourth-order valence-corrected chi connectivity index (χ4v) is 1.72. The first-order chi connectivity index (χ1) is 9.04. The fraction of sp³-hybridized carbons (Fsp3) is 0.333. The highest BCUT2D eigenvalue weighted by molar-refractivity contribution is 5.93. The molecule has 1 aromatic carbocycles. The van der Waals surface area contributed by atoms with E-state index in [1.54, 1.807) is 19.1 Å². The zero-order valence-electron chi connectivity index (χ0n) is 10.9. The number of amides is 1. The number of aryl methyl sites for hydroxylation is 1. The molecule has 0 atom stereocenters. The summed E-state index contributed by atoms with van der Waals surface area (Å²) < 4.78 is 0. The number of nitrogens with one attached hydrogen (secondary N) is 1. The molecule has 0 saturated carbocycles. The van der Waals surface area contributed by atoms with Crippen molar-refractivity contribution >= 4 is 17.6 Å². The van der Waals surface area contributed by atoms with Gasteiger partial charge in [0, 0.05) is 18.5 Å². The monoisotopic (exact) mass is 259 g/mol. The average Bonchev–Trinajstić information content (AvgIpc) is 2.34. The van der Waals surface area contributed by atoms with Crippen molar-refractivity contribution in [2.75, 3.05) is 5.32 Å². The zero-order chi connectivity index (χ0) is 14.3. The molecule has 4 heteroatoms. The predicted octanol–water partition coefficient (Wildman–Crippen LogP) is 2.83. The summed E-state index contributed by atoms with van der Waals surface area (Å²) in [6, 6.07) is 4.74. The molecule has 0 aliphatic rings. The molecular formula is C15H17NO3. The Balaban J connectivity index is 2.54. The molecule has 0 bridgehead atoms. The van der Waals surface area contributed by atoms with Crippen molar-refractivity contribution in [3.8, 4) is 12.3 Å². The number of hydrogen-bond acceptors (Lipinski definition) is 2. The topological polar surface area (TPSA) is 66.4 Å². The number of anilines is 1. The summed E-state index contributed by atoms with van der Waals surface area (Å²) in [5, 5.41) is 11.6. The Bertz CT molecular complexity index is 515. The first-order valence-corrected chi connectivity index (χ1v) is 6.12. The van der Waals surface area contributed by atoms with E-state index in [-0.39, 0.29) is 11.5 Å². The molecule has 0 spiro atoms. The second kappa shape index (κ2) is 7.22. The highest BCUT2D eigenvalue weighted by Gasteiger charge is 2.08. The van der Waals surface area contributed by atoms with E-state index in [2.05, 4.69) is 11.2 Å². The molecule has 0 radical (unpaired) electrons. The number of terminal acetylenes is 1. The van der Waals surface area contributed by atoms with Gasteiger partial charge in [-0.3, -0.25) is 4.79 Å². The standard InChI is InChI=1S/C15H17NO3/c1-3-4-5-6-7-14(17)16-12-8-9-13(15(18)19)11(2)10-12/h1,8-10H,4-7H2,2H3,(H,16,17)(H,18,19). The lowest BCUT2D eigenvalue weighted by Crippen LogP contribution is -2.11. The Labute approximate surface area is 112 Å². The maximum atomic E-state index is 11.6. The molecule has 100 valence electrons. The summed E-state index contributed by atoms with van der Waals surface area (Å²) in [5.41, 5.74) is 1.48. The van der Waals surface area contributed by atoms with Gasteiger partial charge in [0.05, 0.1) is 5.56 Å². The van der Waals surface area contributed by atoms with Crippen molar-refractivity contribution in [1.82, 2.24) is 0 Å². The van der Waals surface area contributed by atoms with Crippen LogP contribution in [0.3, 0.4) is 0 Å². The van der Waals surface area contributed by atoms with E-state index >= 15 is 0 Å². The van der Waals surface area contributed by atoms with E-state index in [4.69, 9.17) is 11.5 Å². The predicted molar refractivity (Wildman–Crippen MR) is 74.1 cm³/mol. The van der Waals surface area contributed by atoms with Crippen LogP contribution in [0.1, 0.15) is 41.6 Å². The first kappa shape index (κ1) is 14.8. The molecule has 0 heterocycles. The molecule has 19 heavy (non-hydrogen) atoms. The highest BCUT2D eigenvalue weighted by Crippen LogP contribution is 2.15. The van der Waals surface area contributed by atoms with Crippen LogP contribution in [0.15, 0.2) is 18.2 Å². The molecule has 0 aromatic heterocycles. The van der Waals surface area contributed by atoms with Gasteiger partial charge < -0.3 is 10.4 Å². The smallest absolute Gasteiger partial charge is 0.335 e. The molecule has 0 fully saturated rings.